The van der Waals surface area contributed by atoms with Gasteiger partial charge in [-0.05, 0) is 68.9 Å². The Hall–Kier alpha value is -4.00. The Balaban J connectivity index is 1.75. The van der Waals surface area contributed by atoms with Crippen molar-refractivity contribution >= 4 is 27.7 Å². The van der Waals surface area contributed by atoms with Crippen LogP contribution in [-0.4, -0.2) is 67.2 Å². The maximum atomic E-state index is 13.8. The van der Waals surface area contributed by atoms with E-state index in [1.165, 1.54) is 4.31 Å². The van der Waals surface area contributed by atoms with Crippen LogP contribution >= 0.6 is 0 Å². The highest BCUT2D eigenvalue weighted by Gasteiger charge is 2.34. The molecule has 0 radical (unpaired) electrons. The lowest BCUT2D eigenvalue weighted by molar-refractivity contribution is -0.123. The third-order valence-electron chi connectivity index (χ3n) is 7.61. The van der Waals surface area contributed by atoms with E-state index >= 15 is 0 Å². The second-order valence-corrected chi connectivity index (χ2v) is 15.1. The number of rotatable bonds is 16. The van der Waals surface area contributed by atoms with Gasteiger partial charge in [-0.25, -0.2) is 17.6 Å². The number of amides is 2. The maximum Gasteiger partial charge on any atom is 0.408 e. The minimum absolute atomic E-state index is 0.0532. The monoisotopic (exact) mass is 684 g/mol. The van der Waals surface area contributed by atoms with Crippen molar-refractivity contribution in [3.8, 4) is 0 Å². The largest absolute Gasteiger partial charge is 0.444 e. The summed E-state index contributed by atoms with van der Waals surface area (Å²) < 4.78 is 47.7. The molecule has 0 saturated heterocycles. The molecule has 5 N–H and O–H groups in total. The first-order valence-electron chi connectivity index (χ1n) is 16.2. The number of ether oxygens (including phenoxy) is 1. The Morgan fingerprint density at radius 1 is 0.958 bits per heavy atom. The number of benzene rings is 3. The summed E-state index contributed by atoms with van der Waals surface area (Å²) in [6, 6.07) is 20.4. The van der Waals surface area contributed by atoms with Crippen molar-refractivity contribution in [2.24, 2.45) is 5.92 Å². The number of aliphatic hydroxyl groups is 1. The van der Waals surface area contributed by atoms with E-state index in [1.54, 1.807) is 20.8 Å². The number of nitrogens with one attached hydrogen (secondary N) is 2. The van der Waals surface area contributed by atoms with Crippen molar-refractivity contribution < 1.29 is 32.2 Å². The van der Waals surface area contributed by atoms with Crippen LogP contribution < -0.4 is 16.4 Å². The van der Waals surface area contributed by atoms with Crippen molar-refractivity contribution in [1.82, 2.24) is 14.9 Å². The van der Waals surface area contributed by atoms with Crippen molar-refractivity contribution in [2.75, 3.05) is 25.4 Å². The molecule has 3 aromatic carbocycles. The van der Waals surface area contributed by atoms with Gasteiger partial charge >= 0.3 is 6.09 Å². The SMILES string of the molecule is CC(C)CN(C(CO)CCCCNC(=O)[C@@H](NC(=O)OC(C)(C)C)C(c1ccccc1)c1ccccc1)S(=O)(=O)c1ccc(F)c(N)c1. The van der Waals surface area contributed by atoms with Gasteiger partial charge in [0.15, 0.2) is 0 Å². The summed E-state index contributed by atoms with van der Waals surface area (Å²) >= 11 is 0. The number of sulfonamides is 1. The molecule has 0 fully saturated rings. The molecule has 0 spiro atoms. The molecule has 2 amide bonds. The highest BCUT2D eigenvalue weighted by Crippen LogP contribution is 2.29. The molecule has 3 aromatic rings. The Bertz CT molecular complexity index is 1540. The van der Waals surface area contributed by atoms with Crippen molar-refractivity contribution in [2.45, 2.75) is 82.4 Å². The Labute approximate surface area is 283 Å². The molecule has 3 rings (SSSR count). The Morgan fingerprint density at radius 3 is 2.04 bits per heavy atom. The average molecular weight is 685 g/mol. The summed E-state index contributed by atoms with van der Waals surface area (Å²) in [5, 5.41) is 16.0. The lowest BCUT2D eigenvalue weighted by atomic mass is 9.84. The zero-order valence-corrected chi connectivity index (χ0v) is 29.2. The van der Waals surface area contributed by atoms with Gasteiger partial charge < -0.3 is 26.2 Å². The third-order valence-corrected chi connectivity index (χ3v) is 9.52. The first-order valence-corrected chi connectivity index (χ1v) is 17.6. The lowest BCUT2D eigenvalue weighted by Crippen LogP contribution is -2.51. The predicted octanol–water partition coefficient (Wildman–Crippen LogP) is 5.43. The number of halogens is 1. The molecule has 48 heavy (non-hydrogen) atoms. The first-order chi connectivity index (χ1) is 22.6. The summed E-state index contributed by atoms with van der Waals surface area (Å²) in [6.07, 6.45) is 0.541. The summed E-state index contributed by atoms with van der Waals surface area (Å²) in [4.78, 5) is 26.6. The van der Waals surface area contributed by atoms with E-state index in [0.717, 1.165) is 29.3 Å². The normalized spacial score (nSPS) is 13.4. The second kappa shape index (κ2) is 17.4. The topological polar surface area (TPSA) is 151 Å². The highest BCUT2D eigenvalue weighted by molar-refractivity contribution is 7.89. The standard InChI is InChI=1S/C36H49FN4O6S/c1-25(2)23-41(48(45,46)29-19-20-30(37)31(38)22-29)28(24-42)18-12-13-21-39-34(43)33(40-35(44)47-36(3,4)5)32(26-14-8-6-9-15-26)27-16-10-7-11-17-27/h6-11,14-17,19-20,22,25,28,32-33,42H,12-13,18,21,23-24,38H2,1-5H3,(H,39,43)(H,40,44)/t28?,33-/m0/s1. The van der Waals surface area contributed by atoms with Crippen LogP contribution in [-0.2, 0) is 19.6 Å². The first kappa shape index (κ1) is 38.4. The maximum absolute atomic E-state index is 13.8. The number of nitrogens with two attached hydrogens (primary N) is 1. The van der Waals surface area contributed by atoms with Gasteiger partial charge in [-0.1, -0.05) is 80.9 Å². The zero-order valence-electron chi connectivity index (χ0n) is 28.4. The van der Waals surface area contributed by atoms with E-state index in [9.17, 15) is 27.5 Å². The molecule has 2 atom stereocenters. The van der Waals surface area contributed by atoms with E-state index in [1.807, 2.05) is 74.5 Å². The number of nitrogen functional groups attached to an aromatic ring is 1. The molecule has 10 nitrogen and oxygen atoms in total. The minimum Gasteiger partial charge on any atom is -0.444 e. The molecule has 0 aliphatic heterocycles. The summed E-state index contributed by atoms with van der Waals surface area (Å²) in [5.74, 6) is -1.70. The number of carbonyl (C=O) groups is 2. The Kier molecular flexibility index (Phi) is 13.9. The van der Waals surface area contributed by atoms with Crippen LogP contribution in [0.1, 0.15) is 70.9 Å². The van der Waals surface area contributed by atoms with Crippen LogP contribution in [0.25, 0.3) is 0 Å². The molecule has 12 heteroatoms. The van der Waals surface area contributed by atoms with E-state index in [4.69, 9.17) is 10.5 Å². The zero-order chi connectivity index (χ0) is 35.5. The summed E-state index contributed by atoms with van der Waals surface area (Å²) in [6.45, 7) is 8.93. The molecule has 0 aliphatic carbocycles. The molecule has 0 saturated carbocycles. The highest BCUT2D eigenvalue weighted by atomic mass is 32.2. The molecule has 1 unspecified atom stereocenters. The molecule has 0 bridgehead atoms. The van der Waals surface area contributed by atoms with Crippen LogP contribution in [0.5, 0.6) is 0 Å². The number of carbonyl (C=O) groups excluding carboxylic acids is 2. The van der Waals surface area contributed by atoms with E-state index < -0.39 is 58.1 Å². The number of aliphatic hydroxyl groups excluding tert-OH is 1. The van der Waals surface area contributed by atoms with Crippen molar-refractivity contribution in [1.29, 1.82) is 0 Å². The number of unbranched alkanes of at least 4 members (excludes halogenated alkanes) is 1. The van der Waals surface area contributed by atoms with Crippen LogP contribution in [0.4, 0.5) is 14.9 Å². The predicted molar refractivity (Wildman–Crippen MR) is 185 cm³/mol. The summed E-state index contributed by atoms with van der Waals surface area (Å²) in [5.41, 5.74) is 6.27. The average Bonchev–Trinajstić information content (AvgIpc) is 3.02. The van der Waals surface area contributed by atoms with E-state index in [-0.39, 0.29) is 29.6 Å². The molecular formula is C36H49FN4O6S. The van der Waals surface area contributed by atoms with Crippen LogP contribution in [0.3, 0.4) is 0 Å². The van der Waals surface area contributed by atoms with Crippen molar-refractivity contribution in [3.05, 3.63) is 95.8 Å². The van der Waals surface area contributed by atoms with Gasteiger partial charge in [0.1, 0.15) is 17.5 Å². The van der Waals surface area contributed by atoms with Gasteiger partial charge in [-0.2, -0.15) is 4.31 Å². The van der Waals surface area contributed by atoms with Crippen LogP contribution in [0.2, 0.25) is 0 Å². The van der Waals surface area contributed by atoms with Gasteiger partial charge in [0.05, 0.1) is 17.2 Å². The summed E-state index contributed by atoms with van der Waals surface area (Å²) in [7, 11) is -4.10. The van der Waals surface area contributed by atoms with Gasteiger partial charge in [-0.15, -0.1) is 0 Å². The number of hydrogen-bond acceptors (Lipinski definition) is 7. The number of hydrogen-bond donors (Lipinski definition) is 4. The molecular weight excluding hydrogens is 635 g/mol. The fourth-order valence-corrected chi connectivity index (χ4v) is 7.25. The molecule has 0 heterocycles. The van der Waals surface area contributed by atoms with Gasteiger partial charge in [0.2, 0.25) is 15.9 Å². The smallest absolute Gasteiger partial charge is 0.408 e. The fraction of sp³-hybridized carbons (Fsp3) is 0.444. The third kappa shape index (κ3) is 11.0. The number of alkyl carbamates (subject to hydrolysis) is 1. The molecule has 262 valence electrons. The Morgan fingerprint density at radius 2 is 1.54 bits per heavy atom. The quantitative estimate of drug-likeness (QED) is 0.116. The van der Waals surface area contributed by atoms with Gasteiger partial charge in [0.25, 0.3) is 0 Å². The molecule has 0 aromatic heterocycles. The molecule has 0 aliphatic rings. The minimum atomic E-state index is -4.10. The van der Waals surface area contributed by atoms with E-state index in [0.29, 0.717) is 19.3 Å². The lowest BCUT2D eigenvalue weighted by Gasteiger charge is -2.31. The number of anilines is 1. The van der Waals surface area contributed by atoms with Crippen molar-refractivity contribution in [3.63, 3.8) is 0 Å². The van der Waals surface area contributed by atoms with Crippen LogP contribution in [0.15, 0.2) is 83.8 Å². The second-order valence-electron chi connectivity index (χ2n) is 13.2. The van der Waals surface area contributed by atoms with E-state index in [2.05, 4.69) is 10.6 Å². The van der Waals surface area contributed by atoms with Gasteiger partial charge in [0, 0.05) is 25.0 Å². The van der Waals surface area contributed by atoms with Crippen LogP contribution in [0, 0.1) is 11.7 Å². The number of nitrogens with zero attached hydrogens (tertiary/aromatic N) is 1. The fourth-order valence-electron chi connectivity index (χ4n) is 5.41. The van der Waals surface area contributed by atoms with Gasteiger partial charge in [-0.3, -0.25) is 4.79 Å².